The average molecular weight is 639 g/mol. The Hall–Kier alpha value is -6.72. The quantitative estimate of drug-likeness (QED) is 0.189. The zero-order chi connectivity index (χ0) is 32.6. The molecule has 2 heterocycles. The number of hydrogen-bond donors (Lipinski definition) is 0. The molecule has 0 spiro atoms. The second kappa shape index (κ2) is 11.8. The molecule has 234 valence electrons. The molecule has 0 amide bonds. The van der Waals surface area contributed by atoms with E-state index in [0.29, 0.717) is 45.7 Å². The molecule has 8 heteroatoms. The Labute approximate surface area is 282 Å². The molecule has 0 saturated carbocycles. The Morgan fingerprint density at radius 1 is 0.388 bits per heavy atom. The minimum absolute atomic E-state index is 0.0666. The number of rotatable bonds is 2. The van der Waals surface area contributed by atoms with Crippen molar-refractivity contribution >= 4 is 34.8 Å². The van der Waals surface area contributed by atoms with Crippen LogP contribution in [0.15, 0.2) is 153 Å². The lowest BCUT2D eigenvalue weighted by molar-refractivity contribution is 0.117. The van der Waals surface area contributed by atoms with E-state index in [1.165, 1.54) is 0 Å². The zero-order valence-electron chi connectivity index (χ0n) is 26.0. The fraction of sp³-hybridized carbons (Fsp3) is 0.0732. The van der Waals surface area contributed by atoms with Gasteiger partial charge in [0.25, 0.3) is 0 Å². The molecule has 6 aromatic rings. The molecule has 2 aliphatic heterocycles. The van der Waals surface area contributed by atoms with Crippen molar-refractivity contribution in [2.45, 2.75) is 5.41 Å². The molecule has 6 aromatic carbocycles. The van der Waals surface area contributed by atoms with E-state index in [9.17, 15) is 0 Å². The summed E-state index contributed by atoms with van der Waals surface area (Å²) in [6.07, 6.45) is 0. The van der Waals surface area contributed by atoms with E-state index in [1.54, 1.807) is 0 Å². The molecule has 0 bridgehead atoms. The van der Waals surface area contributed by atoms with Crippen molar-refractivity contribution in [3.63, 3.8) is 0 Å². The number of hydrogen-bond acceptors (Lipinski definition) is 8. The predicted octanol–water partition coefficient (Wildman–Crippen LogP) is 9.78. The van der Waals surface area contributed by atoms with Gasteiger partial charge in [0.2, 0.25) is 13.6 Å². The van der Waals surface area contributed by atoms with Crippen molar-refractivity contribution in [2.75, 3.05) is 13.6 Å². The van der Waals surface area contributed by atoms with Crippen molar-refractivity contribution in [3.8, 4) is 34.1 Å². The van der Waals surface area contributed by atoms with Gasteiger partial charge >= 0.3 is 0 Å². The molecular formula is C41H26N4O4. The summed E-state index contributed by atoms with van der Waals surface area (Å²) < 4.78 is 25.4. The lowest BCUT2D eigenvalue weighted by Crippen LogP contribution is -2.30. The molecule has 0 atom stereocenters. The first-order valence-electron chi connectivity index (χ1n) is 15.8. The molecule has 0 radical (unpaired) electrons. The van der Waals surface area contributed by atoms with Crippen molar-refractivity contribution in [1.82, 2.24) is 0 Å². The molecule has 0 fully saturated rings. The van der Waals surface area contributed by atoms with Gasteiger partial charge < -0.3 is 18.9 Å². The van der Waals surface area contributed by atoms with Gasteiger partial charge in [-0.15, -0.1) is 0 Å². The van der Waals surface area contributed by atoms with Gasteiger partial charge in [-0.3, -0.25) is 0 Å². The van der Waals surface area contributed by atoms with Crippen LogP contribution in [-0.2, 0) is 5.41 Å². The summed E-state index contributed by atoms with van der Waals surface area (Å²) in [5.74, 6) is 2.21. The number of aliphatic imine (C=N–C) groups is 4. The zero-order valence-corrected chi connectivity index (χ0v) is 26.0. The summed E-state index contributed by atoms with van der Waals surface area (Å²) in [6.45, 7) is -0.133. The van der Waals surface area contributed by atoms with Crippen molar-refractivity contribution < 1.29 is 18.9 Å². The highest BCUT2D eigenvalue weighted by Gasteiger charge is 2.50. The number of benzene rings is 6. The van der Waals surface area contributed by atoms with Gasteiger partial charge in [0.05, 0.1) is 5.41 Å². The van der Waals surface area contributed by atoms with Crippen LogP contribution in [-0.4, -0.2) is 25.6 Å². The highest BCUT2D eigenvalue weighted by atomic mass is 16.7. The molecule has 0 saturated heterocycles. The first-order valence-corrected chi connectivity index (χ1v) is 15.8. The molecule has 1 aliphatic carbocycles. The van der Waals surface area contributed by atoms with Crippen LogP contribution in [0.3, 0.4) is 0 Å². The smallest absolute Gasteiger partial charge is 0.231 e. The van der Waals surface area contributed by atoms with E-state index in [2.05, 4.69) is 92.7 Å². The largest absolute Gasteiger partial charge is 0.455 e. The minimum atomic E-state index is -0.951. The third-order valence-electron chi connectivity index (χ3n) is 9.00. The summed E-state index contributed by atoms with van der Waals surface area (Å²) in [4.78, 5) is 18.3. The maximum atomic E-state index is 6.59. The summed E-state index contributed by atoms with van der Waals surface area (Å²) in [7, 11) is 0. The van der Waals surface area contributed by atoms with Crippen LogP contribution in [0.4, 0.5) is 22.7 Å². The van der Waals surface area contributed by atoms with Crippen LogP contribution >= 0.6 is 0 Å². The molecule has 0 aromatic heterocycles. The monoisotopic (exact) mass is 638 g/mol. The second-order valence-corrected chi connectivity index (χ2v) is 11.5. The third-order valence-corrected chi connectivity index (χ3v) is 9.00. The van der Waals surface area contributed by atoms with E-state index < -0.39 is 5.41 Å². The fourth-order valence-corrected chi connectivity index (χ4v) is 6.99. The summed E-state index contributed by atoms with van der Waals surface area (Å²) in [5.41, 5.74) is 7.36. The Bertz CT molecular complexity index is 2240. The molecule has 3 aliphatic rings. The van der Waals surface area contributed by atoms with Gasteiger partial charge in [0, 0.05) is 11.1 Å². The fourth-order valence-electron chi connectivity index (χ4n) is 6.99. The maximum Gasteiger partial charge on any atom is 0.231 e. The van der Waals surface area contributed by atoms with Gasteiger partial charge in [-0.25, -0.2) is 0 Å². The van der Waals surface area contributed by atoms with Crippen LogP contribution < -0.4 is 18.9 Å². The third kappa shape index (κ3) is 4.63. The molecule has 0 N–H and O–H groups in total. The topological polar surface area (TPSA) is 86.4 Å². The van der Waals surface area contributed by atoms with Crippen molar-refractivity contribution in [1.29, 1.82) is 0 Å². The standard InChI is InChI=1S/C41H26N4O4/c1-3-13-29-27(11-1)28-12-2-4-14-30(28)41(29,31-15-9-19-35-39(31)48-25-46-37-21-7-5-17-33(37)42-23-44-35)32-16-10-20-36-40(32)49-26-47-38-22-8-6-18-34(38)43-24-45-36/h1-22H,25-26H2. The Balaban J connectivity index is 1.33. The van der Waals surface area contributed by atoms with E-state index in [-0.39, 0.29) is 13.6 Å². The van der Waals surface area contributed by atoms with Gasteiger partial charge in [-0.2, -0.15) is 20.0 Å². The second-order valence-electron chi connectivity index (χ2n) is 11.5. The normalized spacial score (nSPS) is 14.6. The Kier molecular flexibility index (Phi) is 6.87. The van der Waals surface area contributed by atoms with Gasteiger partial charge in [0.1, 0.15) is 46.3 Å². The van der Waals surface area contributed by atoms with Crippen LogP contribution in [0.25, 0.3) is 11.1 Å². The molecule has 8 nitrogen and oxygen atoms in total. The van der Waals surface area contributed by atoms with E-state index in [4.69, 9.17) is 18.9 Å². The first-order chi connectivity index (χ1) is 24.3. The highest BCUT2D eigenvalue weighted by Crippen LogP contribution is 2.61. The predicted molar refractivity (Wildman–Crippen MR) is 187 cm³/mol. The summed E-state index contributed by atoms with van der Waals surface area (Å²) in [6, 6.07) is 49.4. The van der Waals surface area contributed by atoms with Crippen molar-refractivity contribution in [2.24, 2.45) is 20.0 Å². The molecule has 9 rings (SSSR count). The molecule has 49 heavy (non-hydrogen) atoms. The lowest BCUT2D eigenvalue weighted by Gasteiger charge is -2.36. The number of fused-ring (bicyclic) bond motifs is 7. The SMILES string of the molecule is C1=Nc2ccccc2OCOc2c(cccc2C2(c3cccc4c3OCOc3ccccc3N=C=N4)c3ccccc3-c3ccccc32)N=1. The van der Waals surface area contributed by atoms with Crippen molar-refractivity contribution in [3.05, 3.63) is 156 Å². The van der Waals surface area contributed by atoms with Gasteiger partial charge in [-0.1, -0.05) is 97.1 Å². The van der Waals surface area contributed by atoms with Crippen LogP contribution in [0.1, 0.15) is 22.3 Å². The average Bonchev–Trinajstić information content (AvgIpc) is 3.45. The Morgan fingerprint density at radius 3 is 1.29 bits per heavy atom. The van der Waals surface area contributed by atoms with Gasteiger partial charge in [0.15, 0.2) is 11.5 Å². The van der Waals surface area contributed by atoms with Crippen LogP contribution in [0.5, 0.6) is 23.0 Å². The summed E-state index contributed by atoms with van der Waals surface area (Å²) in [5, 5.41) is 0. The van der Waals surface area contributed by atoms with Crippen LogP contribution in [0, 0.1) is 0 Å². The van der Waals surface area contributed by atoms with E-state index in [1.807, 2.05) is 72.8 Å². The van der Waals surface area contributed by atoms with E-state index in [0.717, 1.165) is 33.4 Å². The van der Waals surface area contributed by atoms with Gasteiger partial charge in [-0.05, 0) is 58.7 Å². The molecular weight excluding hydrogens is 612 g/mol. The number of ether oxygens (including phenoxy) is 4. The minimum Gasteiger partial charge on any atom is -0.455 e. The summed E-state index contributed by atoms with van der Waals surface area (Å²) >= 11 is 0. The van der Waals surface area contributed by atoms with E-state index >= 15 is 0 Å². The molecule has 0 unspecified atom stereocenters. The lowest BCUT2D eigenvalue weighted by atomic mass is 9.66. The highest BCUT2D eigenvalue weighted by molar-refractivity contribution is 5.89. The number of para-hydroxylation sites is 6. The number of nitrogens with zero attached hydrogens (tertiary/aromatic N) is 4. The Morgan fingerprint density at radius 2 is 0.776 bits per heavy atom. The van der Waals surface area contributed by atoms with Crippen LogP contribution in [0.2, 0.25) is 0 Å². The first kappa shape index (κ1) is 28.5. The maximum absolute atomic E-state index is 6.59.